The monoisotopic (exact) mass is 373 g/mol. The van der Waals surface area contributed by atoms with Gasteiger partial charge in [0.25, 0.3) is 0 Å². The van der Waals surface area contributed by atoms with Crippen molar-refractivity contribution < 1.29 is 15.0 Å². The Morgan fingerprint density at radius 2 is 1.76 bits per heavy atom. The molecule has 0 atom stereocenters. The molecule has 25 heavy (non-hydrogen) atoms. The minimum absolute atomic E-state index is 0.164. The normalized spacial score (nSPS) is 15.3. The number of rotatable bonds is 3. The van der Waals surface area contributed by atoms with Crippen LogP contribution in [0.25, 0.3) is 10.9 Å². The third-order valence-electron chi connectivity index (χ3n) is 4.75. The molecule has 1 aromatic heterocycles. The van der Waals surface area contributed by atoms with Crippen LogP contribution < -0.4 is 0 Å². The summed E-state index contributed by atoms with van der Waals surface area (Å²) >= 11 is 12.2. The number of halogens is 2. The second-order valence-electron chi connectivity index (χ2n) is 6.21. The van der Waals surface area contributed by atoms with Gasteiger partial charge < -0.3 is 10.2 Å². The Kier molecular flexibility index (Phi) is 3.63. The van der Waals surface area contributed by atoms with Gasteiger partial charge in [-0.2, -0.15) is 0 Å². The number of nitrogens with zero attached hydrogens (tertiary/aromatic N) is 1. The summed E-state index contributed by atoms with van der Waals surface area (Å²) in [4.78, 5) is 16.4. The fourth-order valence-corrected chi connectivity index (χ4v) is 3.69. The van der Waals surface area contributed by atoms with E-state index in [-0.39, 0.29) is 11.3 Å². The summed E-state index contributed by atoms with van der Waals surface area (Å²) < 4.78 is 0. The van der Waals surface area contributed by atoms with Crippen molar-refractivity contribution in [2.45, 2.75) is 18.3 Å². The molecule has 0 unspecified atom stereocenters. The van der Waals surface area contributed by atoms with E-state index >= 15 is 0 Å². The van der Waals surface area contributed by atoms with Crippen LogP contribution in [0.1, 0.15) is 34.5 Å². The predicted molar refractivity (Wildman–Crippen MR) is 96.8 cm³/mol. The predicted octanol–water partition coefficient (Wildman–Crippen LogP) is 5.03. The number of hydrogen-bond donors (Lipinski definition) is 2. The lowest BCUT2D eigenvalue weighted by molar-refractivity contribution is 0.0695. The topological polar surface area (TPSA) is 70.4 Å². The lowest BCUT2D eigenvalue weighted by Crippen LogP contribution is -2.14. The van der Waals surface area contributed by atoms with Crippen molar-refractivity contribution in [2.75, 3.05) is 0 Å². The van der Waals surface area contributed by atoms with Crippen molar-refractivity contribution in [1.29, 1.82) is 0 Å². The summed E-state index contributed by atoms with van der Waals surface area (Å²) in [6.45, 7) is 0. The molecular formula is C19H13Cl2NO3. The molecule has 0 saturated heterocycles. The molecule has 126 valence electrons. The van der Waals surface area contributed by atoms with Gasteiger partial charge in [0, 0.05) is 15.8 Å². The van der Waals surface area contributed by atoms with Crippen LogP contribution in [-0.2, 0) is 5.41 Å². The molecule has 1 aliphatic rings. The van der Waals surface area contributed by atoms with Crippen molar-refractivity contribution in [2.24, 2.45) is 0 Å². The molecule has 6 heteroatoms. The Balaban J connectivity index is 2.02. The summed E-state index contributed by atoms with van der Waals surface area (Å²) in [7, 11) is 0. The fourth-order valence-electron chi connectivity index (χ4n) is 3.35. The molecule has 0 radical (unpaired) electrons. The molecule has 1 aliphatic carbocycles. The largest absolute Gasteiger partial charge is 0.505 e. The second-order valence-corrected chi connectivity index (χ2v) is 7.06. The first-order chi connectivity index (χ1) is 11.9. The molecule has 0 bridgehead atoms. The number of aromatic hydroxyl groups is 1. The lowest BCUT2D eigenvalue weighted by Gasteiger charge is -2.19. The number of carbonyl (C=O) groups is 1. The molecule has 0 spiro atoms. The number of aromatic nitrogens is 1. The van der Waals surface area contributed by atoms with E-state index in [0.717, 1.165) is 18.4 Å². The number of para-hydroxylation sites is 1. The number of hydrogen-bond acceptors (Lipinski definition) is 3. The molecular weight excluding hydrogens is 361 g/mol. The molecule has 0 aliphatic heterocycles. The van der Waals surface area contributed by atoms with Crippen LogP contribution in [0, 0.1) is 0 Å². The van der Waals surface area contributed by atoms with Gasteiger partial charge in [-0.1, -0.05) is 47.5 Å². The molecule has 2 N–H and O–H groups in total. The zero-order valence-electron chi connectivity index (χ0n) is 13.0. The van der Waals surface area contributed by atoms with Crippen LogP contribution in [0.5, 0.6) is 5.75 Å². The third-order valence-corrected chi connectivity index (χ3v) is 5.31. The number of benzene rings is 2. The molecule has 1 saturated carbocycles. The highest BCUT2D eigenvalue weighted by Crippen LogP contribution is 2.56. The highest BCUT2D eigenvalue weighted by Gasteiger charge is 2.50. The van der Waals surface area contributed by atoms with Crippen molar-refractivity contribution in [3.8, 4) is 5.75 Å². The number of carboxylic acids is 1. The van der Waals surface area contributed by atoms with E-state index in [1.54, 1.807) is 30.3 Å². The first-order valence-corrected chi connectivity index (χ1v) is 8.50. The SMILES string of the molecule is O=C(O)c1c(O)c(C2(c3ccc(Cl)cc3)CC2)nc2c(Cl)cccc12. The molecule has 1 heterocycles. The summed E-state index contributed by atoms with van der Waals surface area (Å²) in [6, 6.07) is 12.2. The van der Waals surface area contributed by atoms with E-state index < -0.39 is 11.4 Å². The number of fused-ring (bicyclic) bond motifs is 1. The highest BCUT2D eigenvalue weighted by atomic mass is 35.5. The smallest absolute Gasteiger partial charge is 0.340 e. The Morgan fingerprint density at radius 1 is 1.08 bits per heavy atom. The van der Waals surface area contributed by atoms with E-state index in [2.05, 4.69) is 4.98 Å². The molecule has 0 amide bonds. The average Bonchev–Trinajstić information content (AvgIpc) is 3.36. The third kappa shape index (κ3) is 2.44. The first-order valence-electron chi connectivity index (χ1n) is 7.75. The van der Waals surface area contributed by atoms with E-state index in [4.69, 9.17) is 23.2 Å². The van der Waals surface area contributed by atoms with Crippen LogP contribution in [0.3, 0.4) is 0 Å². The number of carboxylic acid groups (broad SMARTS) is 1. The van der Waals surface area contributed by atoms with Gasteiger partial charge in [0.1, 0.15) is 5.56 Å². The zero-order valence-corrected chi connectivity index (χ0v) is 14.5. The van der Waals surface area contributed by atoms with Crippen LogP contribution in [0.15, 0.2) is 42.5 Å². The van der Waals surface area contributed by atoms with Gasteiger partial charge in [-0.3, -0.25) is 0 Å². The van der Waals surface area contributed by atoms with Gasteiger partial charge >= 0.3 is 5.97 Å². The van der Waals surface area contributed by atoms with E-state index in [9.17, 15) is 15.0 Å². The van der Waals surface area contributed by atoms with Crippen molar-refractivity contribution >= 4 is 40.1 Å². The Bertz CT molecular complexity index is 1010. The van der Waals surface area contributed by atoms with Crippen molar-refractivity contribution in [3.63, 3.8) is 0 Å². The Labute approximate surface area is 153 Å². The number of aromatic carboxylic acids is 1. The van der Waals surface area contributed by atoms with Crippen molar-refractivity contribution in [1.82, 2.24) is 4.98 Å². The van der Waals surface area contributed by atoms with Gasteiger partial charge in [0.05, 0.1) is 16.2 Å². The number of pyridine rings is 1. The quantitative estimate of drug-likeness (QED) is 0.675. The maximum Gasteiger partial charge on any atom is 0.340 e. The van der Waals surface area contributed by atoms with Crippen LogP contribution in [0.2, 0.25) is 10.0 Å². The summed E-state index contributed by atoms with van der Waals surface area (Å²) in [5.41, 5.74) is 1.01. The van der Waals surface area contributed by atoms with Gasteiger partial charge in [-0.25, -0.2) is 9.78 Å². The summed E-state index contributed by atoms with van der Waals surface area (Å²) in [5, 5.41) is 21.6. The van der Waals surface area contributed by atoms with Gasteiger partial charge in [-0.05, 0) is 36.6 Å². The molecule has 2 aromatic carbocycles. The maximum absolute atomic E-state index is 11.8. The first kappa shape index (κ1) is 16.2. The van der Waals surface area contributed by atoms with Gasteiger partial charge in [-0.15, -0.1) is 0 Å². The Morgan fingerprint density at radius 3 is 2.36 bits per heavy atom. The average molecular weight is 374 g/mol. The van der Waals surface area contributed by atoms with E-state index in [0.29, 0.717) is 26.6 Å². The molecule has 4 rings (SSSR count). The van der Waals surface area contributed by atoms with E-state index in [1.165, 1.54) is 0 Å². The minimum atomic E-state index is -1.21. The van der Waals surface area contributed by atoms with Crippen LogP contribution >= 0.6 is 23.2 Å². The van der Waals surface area contributed by atoms with Crippen molar-refractivity contribution in [3.05, 3.63) is 69.3 Å². The summed E-state index contributed by atoms with van der Waals surface area (Å²) in [5.74, 6) is -1.50. The van der Waals surface area contributed by atoms with Crippen LogP contribution in [-0.4, -0.2) is 21.2 Å². The van der Waals surface area contributed by atoms with Crippen LogP contribution in [0.4, 0.5) is 0 Å². The lowest BCUT2D eigenvalue weighted by atomic mass is 9.89. The Hall–Kier alpha value is -2.30. The van der Waals surface area contributed by atoms with Gasteiger partial charge in [0.2, 0.25) is 0 Å². The molecule has 1 fully saturated rings. The maximum atomic E-state index is 11.8. The van der Waals surface area contributed by atoms with Gasteiger partial charge in [0.15, 0.2) is 5.75 Å². The second kappa shape index (κ2) is 5.61. The van der Waals surface area contributed by atoms with E-state index in [1.807, 2.05) is 12.1 Å². The standard InChI is InChI=1S/C19H13Cl2NO3/c20-11-6-4-10(5-7-11)19(8-9-19)17-16(23)14(18(24)25)12-2-1-3-13(21)15(12)22-17/h1-7,23H,8-9H2,(H,24,25). The molecule has 3 aromatic rings. The summed E-state index contributed by atoms with van der Waals surface area (Å²) in [6.07, 6.45) is 1.54. The fraction of sp³-hybridized carbons (Fsp3) is 0.158. The molecule has 4 nitrogen and oxygen atoms in total. The highest BCUT2D eigenvalue weighted by molar-refractivity contribution is 6.35. The minimum Gasteiger partial charge on any atom is -0.505 e. The zero-order chi connectivity index (χ0) is 17.8.